The Kier molecular flexibility index (Phi) is 6.08. The number of ether oxygens (including phenoxy) is 2. The predicted molar refractivity (Wildman–Crippen MR) is 94.4 cm³/mol. The topological polar surface area (TPSA) is 84.9 Å². The molecule has 8 nitrogen and oxygen atoms in total. The minimum atomic E-state index is -3.17. The largest absolute Gasteiger partial charge is 0.473 e. The van der Waals surface area contributed by atoms with Gasteiger partial charge in [0.1, 0.15) is 18.2 Å². The molecule has 0 saturated carbocycles. The van der Waals surface area contributed by atoms with E-state index in [1.165, 1.54) is 10.6 Å². The molecule has 0 bridgehead atoms. The highest BCUT2D eigenvalue weighted by molar-refractivity contribution is 7.89. The van der Waals surface area contributed by atoms with Gasteiger partial charge in [0.25, 0.3) is 0 Å². The molecule has 9 heteroatoms. The first-order valence-electron chi connectivity index (χ1n) is 8.87. The van der Waals surface area contributed by atoms with E-state index < -0.39 is 10.0 Å². The van der Waals surface area contributed by atoms with E-state index in [9.17, 15) is 8.42 Å². The van der Waals surface area contributed by atoms with Gasteiger partial charge in [0.2, 0.25) is 15.9 Å². The Bertz CT molecular complexity index is 664. The van der Waals surface area contributed by atoms with Crippen molar-refractivity contribution in [1.82, 2.24) is 14.3 Å². The Labute approximate surface area is 149 Å². The van der Waals surface area contributed by atoms with Gasteiger partial charge >= 0.3 is 0 Å². The van der Waals surface area contributed by atoms with Gasteiger partial charge in [-0.1, -0.05) is 13.3 Å². The van der Waals surface area contributed by atoms with Crippen molar-refractivity contribution in [3.63, 3.8) is 0 Å². The average molecular weight is 370 g/mol. The summed E-state index contributed by atoms with van der Waals surface area (Å²) in [4.78, 5) is 10.6. The maximum absolute atomic E-state index is 12.3. The summed E-state index contributed by atoms with van der Waals surface area (Å²) in [6.07, 6.45) is 3.58. The van der Waals surface area contributed by atoms with E-state index in [1.807, 2.05) is 13.0 Å². The summed E-state index contributed by atoms with van der Waals surface area (Å²) in [6, 6.07) is 1.82. The van der Waals surface area contributed by atoms with Crippen molar-refractivity contribution >= 4 is 15.8 Å². The lowest BCUT2D eigenvalue weighted by molar-refractivity contribution is 0.122. The van der Waals surface area contributed by atoms with E-state index in [-0.39, 0.29) is 11.9 Å². The van der Waals surface area contributed by atoms with Crippen LogP contribution in [0.5, 0.6) is 5.88 Å². The lowest BCUT2D eigenvalue weighted by atomic mass is 10.3. The fourth-order valence-corrected chi connectivity index (χ4v) is 4.72. The summed E-state index contributed by atoms with van der Waals surface area (Å²) >= 11 is 0. The molecular formula is C16H26N4O4S. The molecular weight excluding hydrogens is 344 g/mol. The highest BCUT2D eigenvalue weighted by atomic mass is 32.2. The monoisotopic (exact) mass is 370 g/mol. The molecule has 25 heavy (non-hydrogen) atoms. The van der Waals surface area contributed by atoms with Crippen LogP contribution in [0, 0.1) is 0 Å². The molecule has 2 aliphatic rings. The van der Waals surface area contributed by atoms with E-state index in [0.717, 1.165) is 25.3 Å². The molecule has 0 aliphatic carbocycles. The zero-order valence-electron chi connectivity index (χ0n) is 14.6. The van der Waals surface area contributed by atoms with Crippen molar-refractivity contribution < 1.29 is 17.9 Å². The average Bonchev–Trinajstić information content (AvgIpc) is 3.10. The van der Waals surface area contributed by atoms with Crippen LogP contribution in [0.1, 0.15) is 26.2 Å². The first-order valence-corrected chi connectivity index (χ1v) is 10.5. The molecule has 1 aromatic rings. The van der Waals surface area contributed by atoms with Gasteiger partial charge in [0, 0.05) is 25.7 Å². The summed E-state index contributed by atoms with van der Waals surface area (Å²) in [5.74, 6) is 1.53. The first kappa shape index (κ1) is 18.3. The third-order valence-electron chi connectivity index (χ3n) is 4.51. The van der Waals surface area contributed by atoms with E-state index >= 15 is 0 Å². The molecule has 2 aliphatic heterocycles. The van der Waals surface area contributed by atoms with Crippen LogP contribution >= 0.6 is 0 Å². The molecule has 3 rings (SSSR count). The molecule has 1 atom stereocenters. The maximum Gasteiger partial charge on any atom is 0.218 e. The first-order chi connectivity index (χ1) is 12.1. The fourth-order valence-electron chi connectivity index (χ4n) is 3.03. The third kappa shape index (κ3) is 4.80. The maximum atomic E-state index is 12.3. The van der Waals surface area contributed by atoms with Crippen LogP contribution < -0.4 is 9.64 Å². The number of hydrogen-bond acceptors (Lipinski definition) is 7. The fraction of sp³-hybridized carbons (Fsp3) is 0.750. The minimum absolute atomic E-state index is 0.163. The second kappa shape index (κ2) is 8.29. The Morgan fingerprint density at radius 2 is 2.08 bits per heavy atom. The molecule has 3 heterocycles. The highest BCUT2D eigenvalue weighted by Crippen LogP contribution is 2.22. The summed E-state index contributed by atoms with van der Waals surface area (Å²) in [5, 5.41) is 0. The van der Waals surface area contributed by atoms with Crippen molar-refractivity contribution in [1.29, 1.82) is 0 Å². The van der Waals surface area contributed by atoms with Crippen molar-refractivity contribution in [2.45, 2.75) is 32.3 Å². The van der Waals surface area contributed by atoms with Crippen LogP contribution in [0.3, 0.4) is 0 Å². The van der Waals surface area contributed by atoms with Crippen LogP contribution in [0.15, 0.2) is 12.4 Å². The number of anilines is 1. The Hall–Kier alpha value is -1.45. The SMILES string of the molecule is CCCCS(=O)(=O)N1CCC(Oc2cc(N3CCOCC3)ncn2)C1. The molecule has 1 aromatic heterocycles. The predicted octanol–water partition coefficient (Wildman–Crippen LogP) is 0.896. The molecule has 2 fully saturated rings. The van der Waals surface area contributed by atoms with Crippen molar-refractivity contribution in [3.8, 4) is 5.88 Å². The van der Waals surface area contributed by atoms with E-state index in [0.29, 0.717) is 45.0 Å². The van der Waals surface area contributed by atoms with E-state index in [1.54, 1.807) is 0 Å². The van der Waals surface area contributed by atoms with Gasteiger partial charge in [0.15, 0.2) is 0 Å². The van der Waals surface area contributed by atoms with Crippen LogP contribution in [0.2, 0.25) is 0 Å². The summed E-state index contributed by atoms with van der Waals surface area (Å²) in [5.41, 5.74) is 0. The Balaban J connectivity index is 1.58. The zero-order chi connectivity index (χ0) is 17.7. The molecule has 0 aromatic carbocycles. The van der Waals surface area contributed by atoms with Crippen molar-refractivity contribution in [2.75, 3.05) is 50.0 Å². The quantitative estimate of drug-likeness (QED) is 0.705. The summed E-state index contributed by atoms with van der Waals surface area (Å²) in [6.45, 7) is 5.86. The number of sulfonamides is 1. The lowest BCUT2D eigenvalue weighted by Crippen LogP contribution is -2.36. The van der Waals surface area contributed by atoms with Gasteiger partial charge in [0.05, 0.1) is 25.5 Å². The molecule has 0 amide bonds. The number of morpholine rings is 1. The van der Waals surface area contributed by atoms with Crippen LogP contribution in [-0.2, 0) is 14.8 Å². The normalized spacial score (nSPS) is 22.3. The smallest absolute Gasteiger partial charge is 0.218 e. The zero-order valence-corrected chi connectivity index (χ0v) is 15.4. The van der Waals surface area contributed by atoms with Gasteiger partial charge < -0.3 is 14.4 Å². The molecule has 140 valence electrons. The van der Waals surface area contributed by atoms with Gasteiger partial charge in [-0.15, -0.1) is 0 Å². The molecule has 1 unspecified atom stereocenters. The highest BCUT2D eigenvalue weighted by Gasteiger charge is 2.32. The number of rotatable bonds is 7. The van der Waals surface area contributed by atoms with Crippen molar-refractivity contribution in [3.05, 3.63) is 12.4 Å². The summed E-state index contributed by atoms with van der Waals surface area (Å²) in [7, 11) is -3.17. The second-order valence-electron chi connectivity index (χ2n) is 6.37. The molecule has 0 N–H and O–H groups in total. The van der Waals surface area contributed by atoms with Crippen LogP contribution in [-0.4, -0.2) is 73.9 Å². The van der Waals surface area contributed by atoms with Gasteiger partial charge in [-0.3, -0.25) is 0 Å². The minimum Gasteiger partial charge on any atom is -0.473 e. The third-order valence-corrected chi connectivity index (χ3v) is 6.43. The number of nitrogens with zero attached hydrogens (tertiary/aromatic N) is 4. The van der Waals surface area contributed by atoms with E-state index in [4.69, 9.17) is 9.47 Å². The number of aromatic nitrogens is 2. The lowest BCUT2D eigenvalue weighted by Gasteiger charge is -2.27. The standard InChI is InChI=1S/C16H26N4O4S/c1-2-3-10-25(21,22)20-5-4-14(12-20)24-16-11-15(17-13-18-16)19-6-8-23-9-7-19/h11,13-14H,2-10,12H2,1H3. The number of hydrogen-bond donors (Lipinski definition) is 0. The molecule has 0 spiro atoms. The molecule has 0 radical (unpaired) electrons. The van der Waals surface area contributed by atoms with Crippen LogP contribution in [0.25, 0.3) is 0 Å². The Morgan fingerprint density at radius 3 is 2.84 bits per heavy atom. The molecule has 2 saturated heterocycles. The number of unbranched alkanes of at least 4 members (excludes halogenated alkanes) is 1. The summed E-state index contributed by atoms with van der Waals surface area (Å²) < 4.78 is 37.4. The Morgan fingerprint density at radius 1 is 1.28 bits per heavy atom. The van der Waals surface area contributed by atoms with Gasteiger partial charge in [-0.2, -0.15) is 4.31 Å². The van der Waals surface area contributed by atoms with Crippen LogP contribution in [0.4, 0.5) is 5.82 Å². The second-order valence-corrected chi connectivity index (χ2v) is 8.46. The van der Waals surface area contributed by atoms with E-state index in [2.05, 4.69) is 14.9 Å². The van der Waals surface area contributed by atoms with Gasteiger partial charge in [-0.05, 0) is 12.8 Å². The van der Waals surface area contributed by atoms with Gasteiger partial charge in [-0.25, -0.2) is 18.4 Å². The van der Waals surface area contributed by atoms with Crippen molar-refractivity contribution in [2.24, 2.45) is 0 Å².